The maximum absolute atomic E-state index is 8.99. The second-order valence-electron chi connectivity index (χ2n) is 1.82. The zero-order chi connectivity index (χ0) is 6.85. The molecule has 50 valence electrons. The predicted octanol–water partition coefficient (Wildman–Crippen LogP) is 2.45. The number of aliphatic hydroxyl groups excluding tert-OH is 1. The lowest BCUT2D eigenvalue weighted by molar-refractivity contribution is 0.203. The number of hydrogen-bond acceptors (Lipinski definition) is 2. The highest BCUT2D eigenvalue weighted by Gasteiger charge is 2.01. The molecule has 1 atom stereocenters. The van der Waals surface area contributed by atoms with Crippen molar-refractivity contribution in [1.29, 1.82) is 0 Å². The van der Waals surface area contributed by atoms with Gasteiger partial charge in [0.2, 0.25) is 0 Å². The molecule has 1 aromatic heterocycles. The van der Waals surface area contributed by atoms with Crippen molar-refractivity contribution in [3.8, 4) is 0 Å². The summed E-state index contributed by atoms with van der Waals surface area (Å²) in [5.41, 5.74) is 0. The molecule has 1 N–H and O–H groups in total. The van der Waals surface area contributed by atoms with Gasteiger partial charge in [-0.3, -0.25) is 0 Å². The van der Waals surface area contributed by atoms with E-state index < -0.39 is 0 Å². The molecule has 0 aliphatic rings. The van der Waals surface area contributed by atoms with E-state index in [1.165, 1.54) is 11.3 Å². The third-order valence-electron chi connectivity index (χ3n) is 1.01. The normalized spacial score (nSPS) is 13.7. The van der Waals surface area contributed by atoms with Crippen LogP contribution in [0.3, 0.4) is 0 Å². The highest BCUT2D eigenvalue weighted by Crippen LogP contribution is 2.25. The van der Waals surface area contributed by atoms with Crippen LogP contribution in [0.2, 0.25) is 4.34 Å². The SMILES string of the molecule is C[C@@H](O)c1ccc(Cl)s1. The Kier molecular flexibility index (Phi) is 2.11. The maximum atomic E-state index is 8.99. The summed E-state index contributed by atoms with van der Waals surface area (Å²) in [7, 11) is 0. The third-order valence-corrected chi connectivity index (χ3v) is 2.41. The molecule has 0 saturated carbocycles. The van der Waals surface area contributed by atoms with Crippen LogP contribution in [0.15, 0.2) is 12.1 Å². The number of halogens is 1. The Morgan fingerprint density at radius 3 is 2.56 bits per heavy atom. The minimum Gasteiger partial charge on any atom is -0.388 e. The number of thiophene rings is 1. The molecule has 3 heteroatoms. The van der Waals surface area contributed by atoms with Crippen LogP contribution in [0, 0.1) is 0 Å². The van der Waals surface area contributed by atoms with Crippen LogP contribution in [0.4, 0.5) is 0 Å². The molecule has 0 aliphatic carbocycles. The van der Waals surface area contributed by atoms with E-state index in [1.54, 1.807) is 13.0 Å². The van der Waals surface area contributed by atoms with Crippen LogP contribution < -0.4 is 0 Å². The van der Waals surface area contributed by atoms with Gasteiger partial charge in [-0.15, -0.1) is 11.3 Å². The van der Waals surface area contributed by atoms with Crippen molar-refractivity contribution >= 4 is 22.9 Å². The van der Waals surface area contributed by atoms with E-state index >= 15 is 0 Å². The Hall–Kier alpha value is -0.0500. The van der Waals surface area contributed by atoms with E-state index in [0.717, 1.165) is 9.21 Å². The molecule has 1 nitrogen and oxygen atoms in total. The second-order valence-corrected chi connectivity index (χ2v) is 3.56. The summed E-state index contributed by atoms with van der Waals surface area (Å²) in [6, 6.07) is 3.62. The third kappa shape index (κ3) is 1.68. The average molecular weight is 163 g/mol. The summed E-state index contributed by atoms with van der Waals surface area (Å²) in [6.45, 7) is 1.72. The van der Waals surface area contributed by atoms with Crippen LogP contribution in [0.25, 0.3) is 0 Å². The Morgan fingerprint density at radius 2 is 2.33 bits per heavy atom. The summed E-state index contributed by atoms with van der Waals surface area (Å²) >= 11 is 7.02. The Morgan fingerprint density at radius 1 is 1.67 bits per heavy atom. The predicted molar refractivity (Wildman–Crippen MR) is 40.0 cm³/mol. The smallest absolute Gasteiger partial charge is 0.0932 e. The molecular weight excluding hydrogens is 156 g/mol. The molecule has 0 unspecified atom stereocenters. The average Bonchev–Trinajstić information content (AvgIpc) is 2.14. The van der Waals surface area contributed by atoms with Crippen LogP contribution in [0.1, 0.15) is 17.9 Å². The van der Waals surface area contributed by atoms with Crippen molar-refractivity contribution in [3.05, 3.63) is 21.3 Å². The largest absolute Gasteiger partial charge is 0.388 e. The van der Waals surface area contributed by atoms with Gasteiger partial charge in [0.05, 0.1) is 10.4 Å². The summed E-state index contributed by atoms with van der Waals surface area (Å²) in [5.74, 6) is 0. The lowest BCUT2D eigenvalue weighted by atomic mass is 10.3. The molecular formula is C6H7ClOS. The second kappa shape index (κ2) is 2.69. The monoisotopic (exact) mass is 162 g/mol. The first kappa shape index (κ1) is 7.06. The van der Waals surface area contributed by atoms with E-state index in [-0.39, 0.29) is 6.10 Å². The molecule has 0 bridgehead atoms. The lowest BCUT2D eigenvalue weighted by Crippen LogP contribution is -1.82. The lowest BCUT2D eigenvalue weighted by Gasteiger charge is -1.95. The Labute approximate surface area is 62.9 Å². The molecule has 0 amide bonds. The summed E-state index contributed by atoms with van der Waals surface area (Å²) < 4.78 is 0.728. The maximum Gasteiger partial charge on any atom is 0.0932 e. The van der Waals surface area contributed by atoms with Crippen molar-refractivity contribution in [2.24, 2.45) is 0 Å². The molecule has 0 spiro atoms. The summed E-state index contributed by atoms with van der Waals surface area (Å²) in [5, 5.41) is 8.99. The fourth-order valence-electron chi connectivity index (χ4n) is 0.553. The first-order chi connectivity index (χ1) is 4.20. The molecule has 1 heterocycles. The first-order valence-electron chi connectivity index (χ1n) is 2.63. The van der Waals surface area contributed by atoms with Gasteiger partial charge in [0, 0.05) is 4.88 Å². The zero-order valence-corrected chi connectivity index (χ0v) is 6.54. The van der Waals surface area contributed by atoms with Gasteiger partial charge in [-0.1, -0.05) is 11.6 Å². The van der Waals surface area contributed by atoms with Crippen LogP contribution in [-0.4, -0.2) is 5.11 Å². The highest BCUT2D eigenvalue weighted by atomic mass is 35.5. The molecule has 1 aromatic rings. The van der Waals surface area contributed by atoms with E-state index in [2.05, 4.69) is 0 Å². The minimum atomic E-state index is -0.387. The van der Waals surface area contributed by atoms with Crippen molar-refractivity contribution in [3.63, 3.8) is 0 Å². The van der Waals surface area contributed by atoms with Crippen LogP contribution in [0.5, 0.6) is 0 Å². The highest BCUT2D eigenvalue weighted by molar-refractivity contribution is 7.16. The standard InChI is InChI=1S/C6H7ClOS/c1-4(8)5-2-3-6(7)9-5/h2-4,8H,1H3/t4-/m1/s1. The van der Waals surface area contributed by atoms with Gasteiger partial charge < -0.3 is 5.11 Å². The van der Waals surface area contributed by atoms with Crippen molar-refractivity contribution < 1.29 is 5.11 Å². The fourth-order valence-corrected chi connectivity index (χ4v) is 1.55. The molecule has 0 fully saturated rings. The zero-order valence-electron chi connectivity index (χ0n) is 4.97. The van der Waals surface area contributed by atoms with Gasteiger partial charge in [-0.2, -0.15) is 0 Å². The van der Waals surface area contributed by atoms with Gasteiger partial charge in [0.1, 0.15) is 0 Å². The van der Waals surface area contributed by atoms with Gasteiger partial charge in [0.25, 0.3) is 0 Å². The van der Waals surface area contributed by atoms with Gasteiger partial charge in [-0.25, -0.2) is 0 Å². The van der Waals surface area contributed by atoms with Crippen molar-refractivity contribution in [2.45, 2.75) is 13.0 Å². The van der Waals surface area contributed by atoms with Gasteiger partial charge >= 0.3 is 0 Å². The van der Waals surface area contributed by atoms with Crippen LogP contribution >= 0.6 is 22.9 Å². The molecule has 0 saturated heterocycles. The fraction of sp³-hybridized carbons (Fsp3) is 0.333. The quantitative estimate of drug-likeness (QED) is 0.673. The van der Waals surface area contributed by atoms with E-state index in [0.29, 0.717) is 0 Å². The molecule has 0 aromatic carbocycles. The Balaban J connectivity index is 2.85. The molecule has 0 radical (unpaired) electrons. The van der Waals surface area contributed by atoms with Crippen molar-refractivity contribution in [1.82, 2.24) is 0 Å². The molecule has 0 aliphatic heterocycles. The van der Waals surface area contributed by atoms with Gasteiger partial charge in [0.15, 0.2) is 0 Å². The van der Waals surface area contributed by atoms with Crippen molar-refractivity contribution in [2.75, 3.05) is 0 Å². The molecule has 9 heavy (non-hydrogen) atoms. The number of rotatable bonds is 1. The van der Waals surface area contributed by atoms with Gasteiger partial charge in [-0.05, 0) is 19.1 Å². The topological polar surface area (TPSA) is 20.2 Å². The number of hydrogen-bond donors (Lipinski definition) is 1. The Bertz CT molecular complexity index is 195. The minimum absolute atomic E-state index is 0.387. The molecule has 1 rings (SSSR count). The van der Waals surface area contributed by atoms with Crippen LogP contribution in [-0.2, 0) is 0 Å². The number of aliphatic hydroxyl groups is 1. The first-order valence-corrected chi connectivity index (χ1v) is 3.83. The van der Waals surface area contributed by atoms with E-state index in [1.807, 2.05) is 6.07 Å². The van der Waals surface area contributed by atoms with E-state index in [9.17, 15) is 0 Å². The summed E-state index contributed by atoms with van der Waals surface area (Å²) in [6.07, 6.45) is -0.387. The summed E-state index contributed by atoms with van der Waals surface area (Å²) in [4.78, 5) is 0.917. The van der Waals surface area contributed by atoms with E-state index in [4.69, 9.17) is 16.7 Å².